The summed E-state index contributed by atoms with van der Waals surface area (Å²) < 4.78 is 21.3. The van der Waals surface area contributed by atoms with Crippen LogP contribution in [0.4, 0.5) is 5.69 Å². The average molecular weight is 345 g/mol. The number of nitrogens with one attached hydrogen (secondary N) is 1. The summed E-state index contributed by atoms with van der Waals surface area (Å²) in [5.74, 6) is 2.05. The van der Waals surface area contributed by atoms with Crippen molar-refractivity contribution in [3.05, 3.63) is 42.0 Å². The van der Waals surface area contributed by atoms with Crippen molar-refractivity contribution in [2.75, 3.05) is 33.3 Å². The van der Waals surface area contributed by atoms with E-state index in [4.69, 9.17) is 18.9 Å². The Morgan fingerprint density at radius 1 is 0.920 bits per heavy atom. The summed E-state index contributed by atoms with van der Waals surface area (Å²) in [5.41, 5.74) is 1.04. The standard InChI is InChI=1S/C19H23NO5/c1-5-8-25-17-7-6-13(9-18(17)24-4)19(21)20-14-10-15(22-2)12-16(11-14)23-3/h6-7,9-12H,5,8H2,1-4H3,(H,20,21). The number of carbonyl (C=O) groups excluding carboxylic acids is 1. The number of ether oxygens (including phenoxy) is 4. The number of hydrogen-bond donors (Lipinski definition) is 1. The lowest BCUT2D eigenvalue weighted by atomic mass is 10.1. The summed E-state index contributed by atoms with van der Waals surface area (Å²) in [5, 5.41) is 2.83. The zero-order valence-corrected chi connectivity index (χ0v) is 14.9. The van der Waals surface area contributed by atoms with Crippen LogP contribution in [0.15, 0.2) is 36.4 Å². The van der Waals surface area contributed by atoms with Crippen molar-refractivity contribution in [2.45, 2.75) is 13.3 Å². The zero-order chi connectivity index (χ0) is 18.2. The molecule has 1 amide bonds. The molecule has 2 aromatic rings. The van der Waals surface area contributed by atoms with Gasteiger partial charge < -0.3 is 24.3 Å². The predicted molar refractivity (Wildman–Crippen MR) is 96.3 cm³/mol. The summed E-state index contributed by atoms with van der Waals surface area (Å²) in [7, 11) is 4.66. The van der Waals surface area contributed by atoms with Gasteiger partial charge in [-0.25, -0.2) is 0 Å². The molecule has 0 fully saturated rings. The number of amides is 1. The van der Waals surface area contributed by atoms with Crippen LogP contribution in [-0.4, -0.2) is 33.8 Å². The number of methoxy groups -OCH3 is 3. The van der Waals surface area contributed by atoms with Crippen LogP contribution in [0.5, 0.6) is 23.0 Å². The summed E-state index contributed by atoms with van der Waals surface area (Å²) >= 11 is 0. The van der Waals surface area contributed by atoms with Gasteiger partial charge in [0.2, 0.25) is 0 Å². The first kappa shape index (κ1) is 18.4. The lowest BCUT2D eigenvalue weighted by Gasteiger charge is -2.13. The Labute approximate surface area is 147 Å². The second kappa shape index (κ2) is 8.82. The van der Waals surface area contributed by atoms with Gasteiger partial charge >= 0.3 is 0 Å². The van der Waals surface area contributed by atoms with E-state index < -0.39 is 0 Å². The van der Waals surface area contributed by atoms with Gasteiger partial charge in [0.25, 0.3) is 5.91 Å². The summed E-state index contributed by atoms with van der Waals surface area (Å²) in [4.78, 5) is 12.5. The normalized spacial score (nSPS) is 10.1. The van der Waals surface area contributed by atoms with Crippen molar-refractivity contribution in [1.82, 2.24) is 0 Å². The summed E-state index contributed by atoms with van der Waals surface area (Å²) in [6.07, 6.45) is 0.892. The number of rotatable bonds is 8. The minimum atomic E-state index is -0.268. The van der Waals surface area contributed by atoms with Crippen LogP contribution < -0.4 is 24.3 Å². The second-order valence-corrected chi connectivity index (χ2v) is 5.27. The Kier molecular flexibility index (Phi) is 6.51. The molecular weight excluding hydrogens is 322 g/mol. The van der Waals surface area contributed by atoms with Crippen molar-refractivity contribution >= 4 is 11.6 Å². The van der Waals surface area contributed by atoms with Crippen LogP contribution in [0.3, 0.4) is 0 Å². The van der Waals surface area contributed by atoms with Crippen molar-refractivity contribution in [1.29, 1.82) is 0 Å². The second-order valence-electron chi connectivity index (χ2n) is 5.27. The van der Waals surface area contributed by atoms with Gasteiger partial charge in [-0.3, -0.25) is 4.79 Å². The Morgan fingerprint density at radius 2 is 1.60 bits per heavy atom. The highest BCUT2D eigenvalue weighted by molar-refractivity contribution is 6.04. The van der Waals surface area contributed by atoms with Crippen LogP contribution in [0.2, 0.25) is 0 Å². The Hall–Kier alpha value is -2.89. The first-order valence-electron chi connectivity index (χ1n) is 7.96. The van der Waals surface area contributed by atoms with E-state index >= 15 is 0 Å². The van der Waals surface area contributed by atoms with E-state index in [9.17, 15) is 4.79 Å². The summed E-state index contributed by atoms with van der Waals surface area (Å²) in [6.45, 7) is 2.61. The predicted octanol–water partition coefficient (Wildman–Crippen LogP) is 3.75. The van der Waals surface area contributed by atoms with Crippen LogP contribution in [0, 0.1) is 0 Å². The molecule has 0 radical (unpaired) electrons. The lowest BCUT2D eigenvalue weighted by molar-refractivity contribution is 0.102. The van der Waals surface area contributed by atoms with Crippen molar-refractivity contribution in [2.24, 2.45) is 0 Å². The van der Waals surface area contributed by atoms with Crippen LogP contribution in [0.1, 0.15) is 23.7 Å². The van der Waals surface area contributed by atoms with Crippen LogP contribution >= 0.6 is 0 Å². The van der Waals surface area contributed by atoms with E-state index in [0.717, 1.165) is 6.42 Å². The fraction of sp³-hybridized carbons (Fsp3) is 0.316. The van der Waals surface area contributed by atoms with Gasteiger partial charge in [0.1, 0.15) is 11.5 Å². The number of anilines is 1. The fourth-order valence-corrected chi connectivity index (χ4v) is 2.22. The SMILES string of the molecule is CCCOc1ccc(C(=O)Nc2cc(OC)cc(OC)c2)cc1OC. The van der Waals surface area contributed by atoms with Crippen molar-refractivity contribution in [3.8, 4) is 23.0 Å². The molecule has 25 heavy (non-hydrogen) atoms. The topological polar surface area (TPSA) is 66.0 Å². The van der Waals surface area contributed by atoms with Crippen molar-refractivity contribution < 1.29 is 23.7 Å². The molecule has 0 unspecified atom stereocenters. The molecule has 0 aromatic heterocycles. The molecule has 134 valence electrons. The van der Waals surface area contributed by atoms with Crippen LogP contribution in [0.25, 0.3) is 0 Å². The fourth-order valence-electron chi connectivity index (χ4n) is 2.22. The molecular formula is C19H23NO5. The summed E-state index contributed by atoms with van der Waals surface area (Å²) in [6, 6.07) is 10.2. The third-order valence-electron chi connectivity index (χ3n) is 3.50. The molecule has 0 saturated carbocycles. The van der Waals surface area contributed by atoms with Gasteiger partial charge in [-0.1, -0.05) is 6.92 Å². The molecule has 0 aliphatic carbocycles. The molecule has 2 aromatic carbocycles. The first-order chi connectivity index (χ1) is 12.1. The number of carbonyl (C=O) groups is 1. The molecule has 6 nitrogen and oxygen atoms in total. The van der Waals surface area contributed by atoms with E-state index in [-0.39, 0.29) is 5.91 Å². The quantitative estimate of drug-likeness (QED) is 0.789. The van der Waals surface area contributed by atoms with E-state index in [0.29, 0.717) is 40.9 Å². The highest BCUT2D eigenvalue weighted by Crippen LogP contribution is 2.29. The maximum atomic E-state index is 12.5. The minimum Gasteiger partial charge on any atom is -0.497 e. The number of hydrogen-bond acceptors (Lipinski definition) is 5. The monoisotopic (exact) mass is 345 g/mol. The van der Waals surface area contributed by atoms with Gasteiger partial charge in [-0.15, -0.1) is 0 Å². The maximum absolute atomic E-state index is 12.5. The minimum absolute atomic E-state index is 0.268. The van der Waals surface area contributed by atoms with E-state index in [2.05, 4.69) is 5.32 Å². The third-order valence-corrected chi connectivity index (χ3v) is 3.50. The lowest BCUT2D eigenvalue weighted by Crippen LogP contribution is -2.12. The van der Waals surface area contributed by atoms with E-state index in [1.165, 1.54) is 0 Å². The highest BCUT2D eigenvalue weighted by atomic mass is 16.5. The third kappa shape index (κ3) is 4.79. The van der Waals surface area contributed by atoms with Gasteiger partial charge in [0.15, 0.2) is 11.5 Å². The molecule has 0 aliphatic heterocycles. The van der Waals surface area contributed by atoms with Gasteiger partial charge in [0.05, 0.1) is 27.9 Å². The van der Waals surface area contributed by atoms with Gasteiger partial charge in [0, 0.05) is 29.4 Å². The van der Waals surface area contributed by atoms with E-state index in [1.54, 1.807) is 57.7 Å². The van der Waals surface area contributed by atoms with Crippen molar-refractivity contribution in [3.63, 3.8) is 0 Å². The molecule has 0 saturated heterocycles. The Balaban J connectivity index is 2.20. The zero-order valence-electron chi connectivity index (χ0n) is 14.9. The van der Waals surface area contributed by atoms with Gasteiger partial charge in [-0.05, 0) is 24.6 Å². The largest absolute Gasteiger partial charge is 0.497 e. The highest BCUT2D eigenvalue weighted by Gasteiger charge is 2.12. The van der Waals surface area contributed by atoms with Crippen LogP contribution in [-0.2, 0) is 0 Å². The number of benzene rings is 2. The molecule has 0 aliphatic rings. The smallest absolute Gasteiger partial charge is 0.255 e. The molecule has 2 rings (SSSR count). The maximum Gasteiger partial charge on any atom is 0.255 e. The molecule has 0 heterocycles. The molecule has 0 bridgehead atoms. The average Bonchev–Trinajstić information content (AvgIpc) is 2.65. The Morgan fingerprint density at radius 3 is 2.16 bits per heavy atom. The molecule has 0 spiro atoms. The first-order valence-corrected chi connectivity index (χ1v) is 7.96. The molecule has 6 heteroatoms. The van der Waals surface area contributed by atoms with E-state index in [1.807, 2.05) is 6.92 Å². The van der Waals surface area contributed by atoms with Gasteiger partial charge in [-0.2, -0.15) is 0 Å². The molecule has 0 atom stereocenters. The molecule has 1 N–H and O–H groups in total. The Bertz CT molecular complexity index is 707.